The minimum atomic E-state index is -0.551. The van der Waals surface area contributed by atoms with Gasteiger partial charge in [-0.3, -0.25) is 0 Å². The molecule has 0 bridgehead atoms. The molecule has 0 saturated carbocycles. The fourth-order valence-electron chi connectivity index (χ4n) is 2.14. The summed E-state index contributed by atoms with van der Waals surface area (Å²) in [6.07, 6.45) is 4.32. The van der Waals surface area contributed by atoms with Crippen molar-refractivity contribution in [2.45, 2.75) is 45.1 Å². The highest BCUT2D eigenvalue weighted by atomic mass is 16.5. The molecule has 90 valence electrons. The zero-order valence-electron chi connectivity index (χ0n) is 10.1. The summed E-state index contributed by atoms with van der Waals surface area (Å²) in [4.78, 5) is 0. The Labute approximate surface area is 93.2 Å². The molecular weight excluding hydrogens is 190 g/mol. The zero-order chi connectivity index (χ0) is 11.1. The van der Waals surface area contributed by atoms with Gasteiger partial charge in [-0.1, -0.05) is 13.3 Å². The number of aliphatic hydroxyl groups is 1. The molecule has 0 aromatic heterocycles. The van der Waals surface area contributed by atoms with E-state index in [0.29, 0.717) is 12.5 Å². The molecule has 0 amide bonds. The van der Waals surface area contributed by atoms with E-state index < -0.39 is 5.60 Å². The van der Waals surface area contributed by atoms with E-state index in [9.17, 15) is 5.11 Å². The lowest BCUT2D eigenvalue weighted by Crippen LogP contribution is -2.40. The predicted molar refractivity (Wildman–Crippen MR) is 61.9 cm³/mol. The molecule has 1 fully saturated rings. The molecular formula is C12H25NO2. The molecule has 15 heavy (non-hydrogen) atoms. The third-order valence-corrected chi connectivity index (χ3v) is 2.98. The second-order valence-electron chi connectivity index (χ2n) is 4.96. The van der Waals surface area contributed by atoms with Crippen LogP contribution in [0.4, 0.5) is 0 Å². The van der Waals surface area contributed by atoms with Crippen LogP contribution in [0.15, 0.2) is 0 Å². The lowest BCUT2D eigenvalue weighted by molar-refractivity contribution is 0.0362. The third-order valence-electron chi connectivity index (χ3n) is 2.98. The summed E-state index contributed by atoms with van der Waals surface area (Å²) in [6.45, 7) is 7.47. The Bertz CT molecular complexity index is 165. The lowest BCUT2D eigenvalue weighted by Gasteiger charge is -2.26. The van der Waals surface area contributed by atoms with Crippen LogP contribution in [0.25, 0.3) is 0 Å². The Balaban J connectivity index is 2.09. The van der Waals surface area contributed by atoms with Gasteiger partial charge in [0.05, 0.1) is 12.2 Å². The average Bonchev–Trinajstić information content (AvgIpc) is 2.19. The molecule has 2 N–H and O–H groups in total. The molecule has 1 heterocycles. The average molecular weight is 215 g/mol. The molecule has 0 spiro atoms. The van der Waals surface area contributed by atoms with Gasteiger partial charge >= 0.3 is 0 Å². The van der Waals surface area contributed by atoms with E-state index in [4.69, 9.17) is 4.74 Å². The molecule has 0 aromatic rings. The van der Waals surface area contributed by atoms with Crippen LogP contribution in [0.3, 0.4) is 0 Å². The molecule has 2 atom stereocenters. The zero-order valence-corrected chi connectivity index (χ0v) is 10.1. The smallest absolute Gasteiger partial charge is 0.0743 e. The molecule has 0 aromatic carbocycles. The standard InChI is InChI=1S/C12H25NO2/c1-3-6-12(2,14)10-13-8-11-5-4-7-15-9-11/h11,13-14H,3-10H2,1-2H3. The summed E-state index contributed by atoms with van der Waals surface area (Å²) in [7, 11) is 0. The minimum absolute atomic E-state index is 0.551. The Hall–Kier alpha value is -0.120. The summed E-state index contributed by atoms with van der Waals surface area (Å²) in [5.74, 6) is 0.635. The van der Waals surface area contributed by atoms with Gasteiger partial charge in [-0.25, -0.2) is 0 Å². The summed E-state index contributed by atoms with van der Waals surface area (Å²) in [5.41, 5.74) is -0.551. The quantitative estimate of drug-likeness (QED) is 0.706. The summed E-state index contributed by atoms with van der Waals surface area (Å²) < 4.78 is 5.41. The topological polar surface area (TPSA) is 41.5 Å². The van der Waals surface area contributed by atoms with Crippen LogP contribution in [-0.4, -0.2) is 37.0 Å². The second kappa shape index (κ2) is 6.46. The molecule has 3 nitrogen and oxygen atoms in total. The maximum atomic E-state index is 9.95. The van der Waals surface area contributed by atoms with Crippen molar-refractivity contribution in [2.24, 2.45) is 5.92 Å². The van der Waals surface area contributed by atoms with E-state index in [1.807, 2.05) is 6.92 Å². The van der Waals surface area contributed by atoms with E-state index >= 15 is 0 Å². The molecule has 2 unspecified atom stereocenters. The highest BCUT2D eigenvalue weighted by molar-refractivity contribution is 4.76. The van der Waals surface area contributed by atoms with Crippen molar-refractivity contribution in [1.82, 2.24) is 5.32 Å². The highest BCUT2D eigenvalue weighted by Crippen LogP contribution is 2.13. The van der Waals surface area contributed by atoms with Gasteiger partial charge in [-0.15, -0.1) is 0 Å². The lowest BCUT2D eigenvalue weighted by atomic mass is 9.99. The van der Waals surface area contributed by atoms with Gasteiger partial charge in [0, 0.05) is 19.7 Å². The number of rotatable bonds is 6. The van der Waals surface area contributed by atoms with Crippen molar-refractivity contribution in [1.29, 1.82) is 0 Å². The molecule has 1 aliphatic heterocycles. The first-order valence-corrected chi connectivity index (χ1v) is 6.15. The first kappa shape index (κ1) is 12.9. The van der Waals surface area contributed by atoms with Gasteiger partial charge in [-0.05, 0) is 32.1 Å². The minimum Gasteiger partial charge on any atom is -0.389 e. The fourth-order valence-corrected chi connectivity index (χ4v) is 2.14. The van der Waals surface area contributed by atoms with E-state index in [2.05, 4.69) is 12.2 Å². The number of ether oxygens (including phenoxy) is 1. The van der Waals surface area contributed by atoms with Crippen LogP contribution in [0, 0.1) is 5.92 Å². The van der Waals surface area contributed by atoms with Crippen LogP contribution < -0.4 is 5.32 Å². The fraction of sp³-hybridized carbons (Fsp3) is 1.00. The highest BCUT2D eigenvalue weighted by Gasteiger charge is 2.19. The Morgan fingerprint density at radius 1 is 1.53 bits per heavy atom. The van der Waals surface area contributed by atoms with Gasteiger partial charge in [0.25, 0.3) is 0 Å². The van der Waals surface area contributed by atoms with Gasteiger partial charge < -0.3 is 15.2 Å². The number of hydrogen-bond donors (Lipinski definition) is 2. The van der Waals surface area contributed by atoms with Gasteiger partial charge in [0.2, 0.25) is 0 Å². The number of nitrogens with one attached hydrogen (secondary N) is 1. The first-order valence-electron chi connectivity index (χ1n) is 6.15. The van der Waals surface area contributed by atoms with Crippen LogP contribution in [0.2, 0.25) is 0 Å². The van der Waals surface area contributed by atoms with Crippen LogP contribution in [0.5, 0.6) is 0 Å². The van der Waals surface area contributed by atoms with Gasteiger partial charge in [0.15, 0.2) is 0 Å². The van der Waals surface area contributed by atoms with Crippen LogP contribution >= 0.6 is 0 Å². The normalized spacial score (nSPS) is 26.2. The van der Waals surface area contributed by atoms with E-state index in [-0.39, 0.29) is 0 Å². The second-order valence-corrected chi connectivity index (χ2v) is 4.96. The van der Waals surface area contributed by atoms with Crippen molar-refractivity contribution in [3.63, 3.8) is 0 Å². The molecule has 1 aliphatic rings. The molecule has 1 saturated heterocycles. The summed E-state index contributed by atoms with van der Waals surface area (Å²) in [5, 5.41) is 13.3. The van der Waals surface area contributed by atoms with Crippen LogP contribution in [0.1, 0.15) is 39.5 Å². The Kier molecular flexibility index (Phi) is 5.58. The Morgan fingerprint density at radius 2 is 2.33 bits per heavy atom. The van der Waals surface area contributed by atoms with E-state index in [0.717, 1.165) is 32.6 Å². The van der Waals surface area contributed by atoms with Crippen molar-refractivity contribution < 1.29 is 9.84 Å². The summed E-state index contributed by atoms with van der Waals surface area (Å²) in [6, 6.07) is 0. The van der Waals surface area contributed by atoms with E-state index in [1.54, 1.807) is 0 Å². The maximum absolute atomic E-state index is 9.95. The number of hydrogen-bond acceptors (Lipinski definition) is 3. The van der Waals surface area contributed by atoms with Crippen molar-refractivity contribution >= 4 is 0 Å². The first-order chi connectivity index (χ1) is 7.14. The molecule has 0 aliphatic carbocycles. The largest absolute Gasteiger partial charge is 0.389 e. The van der Waals surface area contributed by atoms with Crippen LogP contribution in [-0.2, 0) is 4.74 Å². The third kappa shape index (κ3) is 5.50. The van der Waals surface area contributed by atoms with Crippen molar-refractivity contribution in [3.8, 4) is 0 Å². The Morgan fingerprint density at radius 3 is 2.93 bits per heavy atom. The monoisotopic (exact) mass is 215 g/mol. The van der Waals surface area contributed by atoms with Crippen molar-refractivity contribution in [2.75, 3.05) is 26.3 Å². The van der Waals surface area contributed by atoms with Crippen molar-refractivity contribution in [3.05, 3.63) is 0 Å². The van der Waals surface area contributed by atoms with Gasteiger partial charge in [-0.2, -0.15) is 0 Å². The molecule has 1 rings (SSSR count). The SMILES string of the molecule is CCCC(C)(O)CNCC1CCCOC1. The predicted octanol–water partition coefficient (Wildman–Crippen LogP) is 1.55. The molecule has 0 radical (unpaired) electrons. The van der Waals surface area contributed by atoms with E-state index in [1.165, 1.54) is 12.8 Å². The van der Waals surface area contributed by atoms with Gasteiger partial charge in [0.1, 0.15) is 0 Å². The maximum Gasteiger partial charge on any atom is 0.0743 e. The summed E-state index contributed by atoms with van der Waals surface area (Å²) >= 11 is 0. The molecule has 3 heteroatoms.